The van der Waals surface area contributed by atoms with Crippen molar-refractivity contribution in [3.63, 3.8) is 0 Å². The van der Waals surface area contributed by atoms with E-state index in [1.54, 1.807) is 26.0 Å². The Balaban J connectivity index is 2.41. The number of nitrogens with one attached hydrogen (secondary N) is 1. The molecular weight excluding hydrogens is 326 g/mol. The number of carboxylic acids is 1. The number of ether oxygens (including phenoxy) is 1. The van der Waals surface area contributed by atoms with E-state index in [-0.39, 0.29) is 18.2 Å². The van der Waals surface area contributed by atoms with E-state index in [0.29, 0.717) is 12.3 Å². The zero-order valence-corrected chi connectivity index (χ0v) is 13.0. The second-order valence-electron chi connectivity index (χ2n) is 4.67. The molecule has 0 aliphatic heterocycles. The standard InChI is InChI=1S/C14H18BrNO4/c1-9(6-13(17)18)8-16-14(19)10(2)20-12-5-3-4-11(15)7-12/h3-5,7,9-10H,6,8H2,1-2H3,(H,16,19)(H,17,18). The van der Waals surface area contributed by atoms with Crippen molar-refractivity contribution in [3.8, 4) is 5.75 Å². The lowest BCUT2D eigenvalue weighted by atomic mass is 10.1. The predicted molar refractivity (Wildman–Crippen MR) is 78.7 cm³/mol. The first-order valence-corrected chi connectivity index (χ1v) is 7.09. The van der Waals surface area contributed by atoms with Gasteiger partial charge in [-0.25, -0.2) is 0 Å². The van der Waals surface area contributed by atoms with Gasteiger partial charge in [0.1, 0.15) is 5.75 Å². The molecule has 0 bridgehead atoms. The lowest BCUT2D eigenvalue weighted by molar-refractivity contribution is -0.138. The van der Waals surface area contributed by atoms with Crippen molar-refractivity contribution in [2.24, 2.45) is 5.92 Å². The highest BCUT2D eigenvalue weighted by Crippen LogP contribution is 2.18. The van der Waals surface area contributed by atoms with E-state index in [4.69, 9.17) is 9.84 Å². The molecule has 5 nitrogen and oxygen atoms in total. The molecule has 1 amide bonds. The van der Waals surface area contributed by atoms with Gasteiger partial charge in [0.25, 0.3) is 5.91 Å². The first-order chi connectivity index (χ1) is 9.38. The summed E-state index contributed by atoms with van der Waals surface area (Å²) in [6.07, 6.45) is -0.609. The van der Waals surface area contributed by atoms with Gasteiger partial charge in [0.15, 0.2) is 6.10 Å². The minimum Gasteiger partial charge on any atom is -0.481 e. The van der Waals surface area contributed by atoms with Crippen molar-refractivity contribution in [2.45, 2.75) is 26.4 Å². The summed E-state index contributed by atoms with van der Waals surface area (Å²) in [5.41, 5.74) is 0. The number of aliphatic carboxylic acids is 1. The van der Waals surface area contributed by atoms with E-state index < -0.39 is 12.1 Å². The molecule has 0 saturated heterocycles. The van der Waals surface area contributed by atoms with Gasteiger partial charge in [-0.05, 0) is 31.0 Å². The first kappa shape index (κ1) is 16.5. The number of rotatable bonds is 7. The highest BCUT2D eigenvalue weighted by atomic mass is 79.9. The molecule has 1 aromatic carbocycles. The third-order valence-corrected chi connectivity index (χ3v) is 3.12. The van der Waals surface area contributed by atoms with Crippen molar-refractivity contribution in [3.05, 3.63) is 28.7 Å². The summed E-state index contributed by atoms with van der Waals surface area (Å²) in [5.74, 6) is -0.650. The van der Waals surface area contributed by atoms with Gasteiger partial charge in [0.05, 0.1) is 0 Å². The van der Waals surface area contributed by atoms with E-state index in [0.717, 1.165) is 4.47 Å². The number of halogens is 1. The van der Waals surface area contributed by atoms with Gasteiger partial charge in [-0.1, -0.05) is 28.9 Å². The fourth-order valence-corrected chi connectivity index (χ4v) is 1.97. The summed E-state index contributed by atoms with van der Waals surface area (Å²) in [7, 11) is 0. The number of carboxylic acid groups (broad SMARTS) is 1. The summed E-state index contributed by atoms with van der Waals surface area (Å²) in [6.45, 7) is 3.74. The van der Waals surface area contributed by atoms with Crippen LogP contribution in [0.3, 0.4) is 0 Å². The molecule has 0 aliphatic rings. The molecule has 110 valence electrons. The number of amides is 1. The molecule has 2 atom stereocenters. The maximum absolute atomic E-state index is 11.8. The van der Waals surface area contributed by atoms with Crippen LogP contribution >= 0.6 is 15.9 Å². The Hall–Kier alpha value is -1.56. The van der Waals surface area contributed by atoms with E-state index in [2.05, 4.69) is 21.2 Å². The lowest BCUT2D eigenvalue weighted by Crippen LogP contribution is -2.38. The van der Waals surface area contributed by atoms with Crippen LogP contribution in [0.4, 0.5) is 0 Å². The molecular formula is C14H18BrNO4. The lowest BCUT2D eigenvalue weighted by Gasteiger charge is -2.16. The molecule has 6 heteroatoms. The van der Waals surface area contributed by atoms with Gasteiger partial charge < -0.3 is 15.2 Å². The third kappa shape index (κ3) is 6.06. The summed E-state index contributed by atoms with van der Waals surface area (Å²) < 4.78 is 6.38. The highest BCUT2D eigenvalue weighted by Gasteiger charge is 2.16. The van der Waals surface area contributed by atoms with Gasteiger partial charge in [0, 0.05) is 17.4 Å². The summed E-state index contributed by atoms with van der Waals surface area (Å²) in [6, 6.07) is 7.22. The minimum absolute atomic E-state index is 0.0289. The van der Waals surface area contributed by atoms with E-state index in [1.165, 1.54) is 0 Å². The summed E-state index contributed by atoms with van der Waals surface area (Å²) in [5, 5.41) is 11.3. The minimum atomic E-state index is -0.870. The van der Waals surface area contributed by atoms with Crippen LogP contribution in [0.5, 0.6) is 5.75 Å². The van der Waals surface area contributed by atoms with Crippen LogP contribution in [0.15, 0.2) is 28.7 Å². The van der Waals surface area contributed by atoms with Crippen molar-refractivity contribution in [1.29, 1.82) is 0 Å². The zero-order valence-electron chi connectivity index (χ0n) is 11.4. The molecule has 0 heterocycles. The molecule has 2 unspecified atom stereocenters. The van der Waals surface area contributed by atoms with E-state index in [9.17, 15) is 9.59 Å². The molecule has 0 fully saturated rings. The molecule has 0 aromatic heterocycles. The van der Waals surface area contributed by atoms with Gasteiger partial charge >= 0.3 is 5.97 Å². The van der Waals surface area contributed by atoms with Gasteiger partial charge in [-0.3, -0.25) is 9.59 Å². The van der Waals surface area contributed by atoms with Gasteiger partial charge in [0.2, 0.25) is 0 Å². The second kappa shape index (κ2) is 7.89. The van der Waals surface area contributed by atoms with Crippen molar-refractivity contribution >= 4 is 27.8 Å². The average molecular weight is 344 g/mol. The van der Waals surface area contributed by atoms with Crippen LogP contribution in [-0.2, 0) is 9.59 Å². The fraction of sp³-hybridized carbons (Fsp3) is 0.429. The van der Waals surface area contributed by atoms with Crippen LogP contribution in [0.25, 0.3) is 0 Å². The van der Waals surface area contributed by atoms with Crippen molar-refractivity contribution < 1.29 is 19.4 Å². The molecule has 0 saturated carbocycles. The number of hydrogen-bond donors (Lipinski definition) is 2. The van der Waals surface area contributed by atoms with Crippen molar-refractivity contribution in [2.75, 3.05) is 6.54 Å². The van der Waals surface area contributed by atoms with Gasteiger partial charge in [-0.2, -0.15) is 0 Å². The number of hydrogen-bond acceptors (Lipinski definition) is 3. The Bertz CT molecular complexity index is 478. The van der Waals surface area contributed by atoms with E-state index in [1.807, 2.05) is 12.1 Å². The summed E-state index contributed by atoms with van der Waals surface area (Å²) >= 11 is 3.33. The molecule has 2 N–H and O–H groups in total. The molecule has 1 aromatic rings. The first-order valence-electron chi connectivity index (χ1n) is 6.30. The molecule has 0 radical (unpaired) electrons. The van der Waals surface area contributed by atoms with Crippen molar-refractivity contribution in [1.82, 2.24) is 5.32 Å². The second-order valence-corrected chi connectivity index (χ2v) is 5.58. The molecule has 0 spiro atoms. The Labute approximate surface area is 126 Å². The Morgan fingerprint density at radius 3 is 2.70 bits per heavy atom. The number of carbonyl (C=O) groups excluding carboxylic acids is 1. The molecule has 1 rings (SSSR count). The van der Waals surface area contributed by atoms with Gasteiger partial charge in [-0.15, -0.1) is 0 Å². The smallest absolute Gasteiger partial charge is 0.303 e. The third-order valence-electron chi connectivity index (χ3n) is 2.63. The largest absolute Gasteiger partial charge is 0.481 e. The highest BCUT2D eigenvalue weighted by molar-refractivity contribution is 9.10. The Morgan fingerprint density at radius 1 is 1.40 bits per heavy atom. The average Bonchev–Trinajstić information content (AvgIpc) is 2.35. The van der Waals surface area contributed by atoms with Crippen LogP contribution in [0.2, 0.25) is 0 Å². The number of carbonyl (C=O) groups is 2. The topological polar surface area (TPSA) is 75.6 Å². The molecule has 0 aliphatic carbocycles. The summed E-state index contributed by atoms with van der Waals surface area (Å²) in [4.78, 5) is 22.3. The van der Waals surface area contributed by atoms with Crippen LogP contribution in [-0.4, -0.2) is 29.6 Å². The normalized spacial score (nSPS) is 13.3. The number of benzene rings is 1. The van der Waals surface area contributed by atoms with E-state index >= 15 is 0 Å². The Morgan fingerprint density at radius 2 is 2.10 bits per heavy atom. The van der Waals surface area contributed by atoms with Crippen LogP contribution in [0.1, 0.15) is 20.3 Å². The quantitative estimate of drug-likeness (QED) is 0.797. The SMILES string of the molecule is CC(CNC(=O)C(C)Oc1cccc(Br)c1)CC(=O)O. The maximum Gasteiger partial charge on any atom is 0.303 e. The monoisotopic (exact) mass is 343 g/mol. The Kier molecular flexibility index (Phi) is 6.51. The predicted octanol–water partition coefficient (Wildman–Crippen LogP) is 2.44. The zero-order chi connectivity index (χ0) is 15.1. The van der Waals surface area contributed by atoms with Crippen LogP contribution < -0.4 is 10.1 Å². The maximum atomic E-state index is 11.8. The fourth-order valence-electron chi connectivity index (χ4n) is 1.59. The molecule has 20 heavy (non-hydrogen) atoms. The van der Waals surface area contributed by atoms with Crippen LogP contribution in [0, 0.1) is 5.92 Å².